The molecular weight excluding hydrogens is 618 g/mol. The molecule has 0 fully saturated rings. The van der Waals surface area contributed by atoms with Gasteiger partial charge in [0.2, 0.25) is 5.91 Å². The van der Waals surface area contributed by atoms with E-state index in [2.05, 4.69) is 10.6 Å². The van der Waals surface area contributed by atoms with Gasteiger partial charge in [-0.2, -0.15) is 0 Å². The van der Waals surface area contributed by atoms with Crippen molar-refractivity contribution in [1.82, 2.24) is 15.5 Å². The number of aryl methyl sites for hydroxylation is 1. The highest BCUT2D eigenvalue weighted by molar-refractivity contribution is 5.86. The summed E-state index contributed by atoms with van der Waals surface area (Å²) < 4.78 is 11.3. The molecule has 0 aliphatic rings. The molecule has 3 amide bonds. The number of carbonyl (C=O) groups is 4. The first kappa shape index (κ1) is 36.7. The minimum absolute atomic E-state index is 0.0255. The molecule has 0 saturated carbocycles. The molecule has 49 heavy (non-hydrogen) atoms. The third kappa shape index (κ3) is 12.4. The number of fused-ring (bicyclic) bond motifs is 1. The Bertz CT molecular complexity index is 1660. The van der Waals surface area contributed by atoms with Crippen molar-refractivity contribution < 1.29 is 28.7 Å². The first-order chi connectivity index (χ1) is 23.7. The predicted octanol–water partition coefficient (Wildman–Crippen LogP) is 6.09. The summed E-state index contributed by atoms with van der Waals surface area (Å²) in [5.74, 6) is -1.76. The first-order valence-corrected chi connectivity index (χ1v) is 16.9. The van der Waals surface area contributed by atoms with Gasteiger partial charge in [-0.1, -0.05) is 117 Å². The Hall–Kier alpha value is -5.18. The number of ether oxygens (including phenoxy) is 2. The quantitative estimate of drug-likeness (QED) is 0.104. The zero-order chi connectivity index (χ0) is 35.0. The Morgan fingerprint density at radius 1 is 0.714 bits per heavy atom. The average Bonchev–Trinajstić information content (AvgIpc) is 3.10. The fourth-order valence-corrected chi connectivity index (χ4v) is 5.58. The van der Waals surface area contributed by atoms with Crippen LogP contribution in [0.15, 0.2) is 103 Å². The van der Waals surface area contributed by atoms with Crippen LogP contribution in [-0.4, -0.2) is 61.1 Å². The van der Waals surface area contributed by atoms with Crippen molar-refractivity contribution in [3.05, 3.63) is 120 Å². The zero-order valence-corrected chi connectivity index (χ0v) is 28.6. The van der Waals surface area contributed by atoms with Crippen LogP contribution in [0.5, 0.6) is 0 Å². The van der Waals surface area contributed by atoms with E-state index in [1.165, 1.54) is 6.92 Å². The third-order valence-electron chi connectivity index (χ3n) is 8.05. The highest BCUT2D eigenvalue weighted by Gasteiger charge is 2.30. The van der Waals surface area contributed by atoms with Crippen LogP contribution in [0.3, 0.4) is 0 Å². The Kier molecular flexibility index (Phi) is 14.2. The van der Waals surface area contributed by atoms with E-state index in [9.17, 15) is 19.2 Å². The first-order valence-electron chi connectivity index (χ1n) is 16.9. The van der Waals surface area contributed by atoms with Crippen molar-refractivity contribution in [2.24, 2.45) is 11.8 Å². The van der Waals surface area contributed by atoms with Gasteiger partial charge in [0.05, 0.1) is 12.5 Å². The van der Waals surface area contributed by atoms with Gasteiger partial charge in [-0.05, 0) is 46.2 Å². The smallest absolute Gasteiger partial charge is 0.329 e. The van der Waals surface area contributed by atoms with E-state index in [0.29, 0.717) is 19.4 Å². The number of amides is 3. The second-order valence-corrected chi connectivity index (χ2v) is 12.7. The van der Waals surface area contributed by atoms with Crippen molar-refractivity contribution in [3.8, 4) is 0 Å². The molecule has 0 heterocycles. The molecule has 0 aromatic heterocycles. The van der Waals surface area contributed by atoms with E-state index in [1.807, 2.05) is 117 Å². The molecule has 1 unspecified atom stereocenters. The number of esters is 2. The maximum absolute atomic E-state index is 14.0. The summed E-state index contributed by atoms with van der Waals surface area (Å²) in [4.78, 5) is 53.9. The molecule has 4 aromatic rings. The van der Waals surface area contributed by atoms with Gasteiger partial charge in [0, 0.05) is 26.4 Å². The predicted molar refractivity (Wildman–Crippen MR) is 191 cm³/mol. The molecule has 2 N–H and O–H groups in total. The topological polar surface area (TPSA) is 114 Å². The van der Waals surface area contributed by atoms with Crippen LogP contribution in [0.4, 0.5) is 4.79 Å². The van der Waals surface area contributed by atoms with Crippen LogP contribution in [0.25, 0.3) is 10.8 Å². The molecule has 0 aliphatic heterocycles. The summed E-state index contributed by atoms with van der Waals surface area (Å²) in [6, 6.07) is 31.7. The number of benzene rings is 4. The lowest BCUT2D eigenvalue weighted by Gasteiger charge is -2.30. The Labute approximate surface area is 289 Å². The van der Waals surface area contributed by atoms with Crippen LogP contribution < -0.4 is 10.6 Å². The Balaban J connectivity index is 1.53. The molecule has 9 heteroatoms. The summed E-state index contributed by atoms with van der Waals surface area (Å²) in [6.45, 7) is 6.13. The lowest BCUT2D eigenvalue weighted by Crippen LogP contribution is -2.52. The van der Waals surface area contributed by atoms with Gasteiger partial charge in [-0.15, -0.1) is 0 Å². The van der Waals surface area contributed by atoms with Crippen molar-refractivity contribution in [2.45, 2.75) is 52.7 Å². The number of nitrogens with zero attached hydrogens (tertiary/aromatic N) is 1. The summed E-state index contributed by atoms with van der Waals surface area (Å²) in [5.41, 5.74) is 2.78. The van der Waals surface area contributed by atoms with Gasteiger partial charge in [-0.25, -0.2) is 9.59 Å². The molecule has 0 spiro atoms. The maximum atomic E-state index is 14.0. The fraction of sp³-hybridized carbons (Fsp3) is 0.350. The van der Waals surface area contributed by atoms with Crippen molar-refractivity contribution in [3.63, 3.8) is 0 Å². The molecule has 2 atom stereocenters. The number of hydrogen-bond donors (Lipinski definition) is 2. The van der Waals surface area contributed by atoms with Gasteiger partial charge >= 0.3 is 18.0 Å². The number of urea groups is 1. The van der Waals surface area contributed by atoms with Crippen LogP contribution in [0.2, 0.25) is 0 Å². The monoisotopic (exact) mass is 665 g/mol. The second-order valence-electron chi connectivity index (χ2n) is 12.7. The van der Waals surface area contributed by atoms with Gasteiger partial charge in [0.25, 0.3) is 0 Å². The largest absolute Gasteiger partial charge is 0.464 e. The normalized spacial score (nSPS) is 12.2. The average molecular weight is 666 g/mol. The number of carbonyl (C=O) groups excluding carboxylic acids is 4. The van der Waals surface area contributed by atoms with Crippen molar-refractivity contribution >= 4 is 34.6 Å². The third-order valence-corrected chi connectivity index (χ3v) is 8.05. The fourth-order valence-electron chi connectivity index (χ4n) is 5.58. The Morgan fingerprint density at radius 3 is 2.04 bits per heavy atom. The minimum atomic E-state index is -0.973. The van der Waals surface area contributed by atoms with Gasteiger partial charge in [0.15, 0.2) is 0 Å². The summed E-state index contributed by atoms with van der Waals surface area (Å²) in [5, 5.41) is 7.69. The van der Waals surface area contributed by atoms with Gasteiger partial charge < -0.3 is 25.0 Å². The van der Waals surface area contributed by atoms with Gasteiger partial charge in [-0.3, -0.25) is 9.59 Å². The number of nitrogens with one attached hydrogen (secondary N) is 2. The van der Waals surface area contributed by atoms with E-state index >= 15 is 0 Å². The van der Waals surface area contributed by atoms with Crippen molar-refractivity contribution in [1.29, 1.82) is 0 Å². The molecule has 258 valence electrons. The number of rotatable bonds is 17. The summed E-state index contributed by atoms with van der Waals surface area (Å²) in [7, 11) is 0. The van der Waals surface area contributed by atoms with Crippen molar-refractivity contribution in [2.75, 3.05) is 26.2 Å². The zero-order valence-electron chi connectivity index (χ0n) is 28.6. The second kappa shape index (κ2) is 19.0. The van der Waals surface area contributed by atoms with E-state index in [4.69, 9.17) is 9.47 Å². The molecule has 0 saturated heterocycles. The Morgan fingerprint density at radius 2 is 1.37 bits per heavy atom. The lowest BCUT2D eigenvalue weighted by molar-refractivity contribution is -0.150. The van der Waals surface area contributed by atoms with Crippen LogP contribution in [0, 0.1) is 11.8 Å². The molecule has 0 bridgehead atoms. The molecule has 4 rings (SSSR count). The molecular formula is C40H47N3O6. The standard InChI is InChI=1S/C40H47N3O6/c1-29(2)26-43(27-36(21-18-31-12-6-4-7-13-31)38(45)48-23-22-41-30(3)44)40(47)42-37(39(46)49-28-32-14-8-5-9-15-32)25-33-19-20-34-16-10-11-17-35(34)24-33/h4-17,19-20,24,29,36-37H,18,21-23,25-28H2,1-3H3,(H,41,44)(H,42,47)/t36?,37-/m0/s1. The van der Waals surface area contributed by atoms with Gasteiger partial charge in [0.1, 0.15) is 19.3 Å². The summed E-state index contributed by atoms with van der Waals surface area (Å²) in [6.07, 6.45) is 1.28. The van der Waals surface area contributed by atoms with E-state index in [-0.39, 0.29) is 44.5 Å². The van der Waals surface area contributed by atoms with Crippen LogP contribution in [0.1, 0.15) is 43.9 Å². The lowest BCUT2D eigenvalue weighted by atomic mass is 9.98. The molecule has 0 aliphatic carbocycles. The molecule has 0 radical (unpaired) electrons. The van der Waals surface area contributed by atoms with E-state index < -0.39 is 29.9 Å². The van der Waals surface area contributed by atoms with Crippen LogP contribution in [-0.2, 0) is 43.3 Å². The summed E-state index contributed by atoms with van der Waals surface area (Å²) >= 11 is 0. The number of hydrogen-bond acceptors (Lipinski definition) is 6. The minimum Gasteiger partial charge on any atom is -0.464 e. The SMILES string of the molecule is CC(=O)NCCOC(=O)C(CCc1ccccc1)CN(CC(C)C)C(=O)N[C@@H](Cc1ccc2ccccc2c1)C(=O)OCc1ccccc1. The molecule has 4 aromatic carbocycles. The maximum Gasteiger partial charge on any atom is 0.329 e. The van der Waals surface area contributed by atoms with Crippen LogP contribution >= 0.6 is 0 Å². The highest BCUT2D eigenvalue weighted by Crippen LogP contribution is 2.19. The molecule has 9 nitrogen and oxygen atoms in total. The van der Waals surface area contributed by atoms with E-state index in [0.717, 1.165) is 27.5 Å². The van der Waals surface area contributed by atoms with E-state index in [1.54, 1.807) is 4.90 Å². The highest BCUT2D eigenvalue weighted by atomic mass is 16.5.